The summed E-state index contributed by atoms with van der Waals surface area (Å²) in [5.74, 6) is 0.0656. The monoisotopic (exact) mass is 395 g/mol. The molecule has 0 radical (unpaired) electrons. The average molecular weight is 396 g/mol. The molecule has 2 rings (SSSR count). The maximum atomic E-state index is 13.0. The summed E-state index contributed by atoms with van der Waals surface area (Å²) >= 11 is 8.03. The van der Waals surface area contributed by atoms with Gasteiger partial charge in [-0.05, 0) is 72.4 Å². The minimum atomic E-state index is -0.318. The molecule has 1 aliphatic carbocycles. The lowest BCUT2D eigenvalue weighted by molar-refractivity contribution is 0.0943. The molecule has 0 unspecified atom stereocenters. The van der Waals surface area contributed by atoms with Crippen molar-refractivity contribution in [3.63, 3.8) is 0 Å². The molecular weight excluding hydrogens is 380 g/mol. The van der Waals surface area contributed by atoms with Crippen molar-refractivity contribution in [2.45, 2.75) is 31.1 Å². The SMILES string of the molecule is O=C(NCC1CCC(Cl)CC1)c1ccc(F)cc1I. The van der Waals surface area contributed by atoms with Crippen LogP contribution in [0.15, 0.2) is 18.2 Å². The van der Waals surface area contributed by atoms with Crippen LogP contribution in [0.25, 0.3) is 0 Å². The molecular formula is C14H16ClFINO. The van der Waals surface area contributed by atoms with Crippen LogP contribution in [-0.4, -0.2) is 17.8 Å². The van der Waals surface area contributed by atoms with Gasteiger partial charge in [-0.2, -0.15) is 0 Å². The lowest BCUT2D eigenvalue weighted by atomic mass is 9.89. The number of amides is 1. The van der Waals surface area contributed by atoms with Crippen LogP contribution in [0.4, 0.5) is 4.39 Å². The second kappa shape index (κ2) is 6.88. The van der Waals surface area contributed by atoms with Gasteiger partial charge in [0.1, 0.15) is 5.82 Å². The first kappa shape index (κ1) is 15.0. The van der Waals surface area contributed by atoms with Gasteiger partial charge in [0.05, 0.1) is 5.56 Å². The van der Waals surface area contributed by atoms with Crippen molar-refractivity contribution in [1.82, 2.24) is 5.32 Å². The summed E-state index contributed by atoms with van der Waals surface area (Å²) in [6, 6.07) is 4.21. The Morgan fingerprint density at radius 2 is 2.05 bits per heavy atom. The first-order valence-electron chi connectivity index (χ1n) is 6.43. The zero-order valence-corrected chi connectivity index (χ0v) is 13.4. The topological polar surface area (TPSA) is 29.1 Å². The molecule has 0 aromatic heterocycles. The fraction of sp³-hybridized carbons (Fsp3) is 0.500. The standard InChI is InChI=1S/C14H16ClFINO/c15-10-3-1-9(2-4-10)8-18-14(19)12-6-5-11(16)7-13(12)17/h5-7,9-10H,1-4,8H2,(H,18,19). The number of hydrogen-bond acceptors (Lipinski definition) is 1. The fourth-order valence-electron chi connectivity index (χ4n) is 2.33. The Bertz CT molecular complexity index is 461. The molecule has 0 aliphatic heterocycles. The molecule has 5 heteroatoms. The van der Waals surface area contributed by atoms with Gasteiger partial charge in [-0.3, -0.25) is 4.79 Å². The number of benzene rings is 1. The van der Waals surface area contributed by atoms with Gasteiger partial charge >= 0.3 is 0 Å². The summed E-state index contributed by atoms with van der Waals surface area (Å²) < 4.78 is 13.6. The third kappa shape index (κ3) is 4.31. The van der Waals surface area contributed by atoms with E-state index in [1.807, 2.05) is 22.6 Å². The van der Waals surface area contributed by atoms with Gasteiger partial charge in [0, 0.05) is 15.5 Å². The van der Waals surface area contributed by atoms with Gasteiger partial charge in [0.15, 0.2) is 0 Å². The van der Waals surface area contributed by atoms with Crippen LogP contribution in [-0.2, 0) is 0 Å². The van der Waals surface area contributed by atoms with Crippen LogP contribution < -0.4 is 5.32 Å². The van der Waals surface area contributed by atoms with Crippen molar-refractivity contribution >= 4 is 40.1 Å². The van der Waals surface area contributed by atoms with Crippen LogP contribution in [0, 0.1) is 15.3 Å². The molecule has 1 N–H and O–H groups in total. The molecule has 0 atom stereocenters. The minimum Gasteiger partial charge on any atom is -0.352 e. The summed E-state index contributed by atoms with van der Waals surface area (Å²) in [6.07, 6.45) is 4.18. The molecule has 0 spiro atoms. The second-order valence-electron chi connectivity index (χ2n) is 4.95. The molecule has 2 nitrogen and oxygen atoms in total. The Hall–Kier alpha value is -0.360. The molecule has 1 aromatic carbocycles. The smallest absolute Gasteiger partial charge is 0.252 e. The Morgan fingerprint density at radius 3 is 2.68 bits per heavy atom. The van der Waals surface area contributed by atoms with Gasteiger partial charge in [-0.15, -0.1) is 11.6 Å². The largest absolute Gasteiger partial charge is 0.352 e. The summed E-state index contributed by atoms with van der Waals surface area (Å²) in [5, 5.41) is 3.23. The lowest BCUT2D eigenvalue weighted by Crippen LogP contribution is -2.31. The maximum absolute atomic E-state index is 13.0. The van der Waals surface area contributed by atoms with Crippen molar-refractivity contribution in [2.75, 3.05) is 6.54 Å². The van der Waals surface area contributed by atoms with Gasteiger partial charge < -0.3 is 5.32 Å². The highest BCUT2D eigenvalue weighted by molar-refractivity contribution is 14.1. The molecule has 1 fully saturated rings. The van der Waals surface area contributed by atoms with Crippen LogP contribution in [0.2, 0.25) is 0 Å². The van der Waals surface area contributed by atoms with Gasteiger partial charge in [-0.1, -0.05) is 0 Å². The number of carbonyl (C=O) groups is 1. The summed E-state index contributed by atoms with van der Waals surface area (Å²) in [7, 11) is 0. The maximum Gasteiger partial charge on any atom is 0.252 e. The molecule has 1 saturated carbocycles. The van der Waals surface area contributed by atoms with Crippen LogP contribution in [0.3, 0.4) is 0 Å². The number of halogens is 3. The number of alkyl halides is 1. The highest BCUT2D eigenvalue weighted by Crippen LogP contribution is 2.27. The van der Waals surface area contributed by atoms with E-state index >= 15 is 0 Å². The third-order valence-corrected chi connectivity index (χ3v) is 4.83. The van der Waals surface area contributed by atoms with E-state index in [-0.39, 0.29) is 11.7 Å². The molecule has 104 valence electrons. The molecule has 0 bridgehead atoms. The van der Waals surface area contributed by atoms with E-state index < -0.39 is 0 Å². The zero-order valence-electron chi connectivity index (χ0n) is 10.5. The Balaban J connectivity index is 1.87. The van der Waals surface area contributed by atoms with Crippen molar-refractivity contribution in [1.29, 1.82) is 0 Å². The van der Waals surface area contributed by atoms with Crippen LogP contribution >= 0.6 is 34.2 Å². The molecule has 1 amide bonds. The van der Waals surface area contributed by atoms with Crippen LogP contribution in [0.5, 0.6) is 0 Å². The van der Waals surface area contributed by atoms with Crippen molar-refractivity contribution < 1.29 is 9.18 Å². The van der Waals surface area contributed by atoms with Crippen LogP contribution in [0.1, 0.15) is 36.0 Å². The van der Waals surface area contributed by atoms with Crippen molar-refractivity contribution in [3.05, 3.63) is 33.1 Å². The second-order valence-corrected chi connectivity index (χ2v) is 6.73. The van der Waals surface area contributed by atoms with Crippen molar-refractivity contribution in [2.24, 2.45) is 5.92 Å². The quantitative estimate of drug-likeness (QED) is 0.609. The number of hydrogen-bond donors (Lipinski definition) is 1. The van der Waals surface area contributed by atoms with E-state index in [4.69, 9.17) is 11.6 Å². The number of rotatable bonds is 3. The Labute approximate surface area is 131 Å². The van der Waals surface area contributed by atoms with Gasteiger partial charge in [0.2, 0.25) is 0 Å². The summed E-state index contributed by atoms with van der Waals surface area (Å²) in [5.41, 5.74) is 0.535. The lowest BCUT2D eigenvalue weighted by Gasteiger charge is -2.25. The molecule has 0 saturated heterocycles. The van der Waals surface area contributed by atoms with E-state index in [2.05, 4.69) is 5.32 Å². The third-order valence-electron chi connectivity index (χ3n) is 3.50. The highest BCUT2D eigenvalue weighted by atomic mass is 127. The van der Waals surface area contributed by atoms with E-state index in [1.54, 1.807) is 0 Å². The summed E-state index contributed by atoms with van der Waals surface area (Å²) in [6.45, 7) is 0.676. The van der Waals surface area contributed by atoms with Crippen molar-refractivity contribution in [3.8, 4) is 0 Å². The van der Waals surface area contributed by atoms with Gasteiger partial charge in [0.25, 0.3) is 5.91 Å². The molecule has 0 heterocycles. The highest BCUT2D eigenvalue weighted by Gasteiger charge is 2.20. The van der Waals surface area contributed by atoms with E-state index in [0.29, 0.717) is 27.0 Å². The van der Waals surface area contributed by atoms with Gasteiger partial charge in [-0.25, -0.2) is 4.39 Å². The molecule has 1 aliphatic rings. The number of carbonyl (C=O) groups excluding carboxylic acids is 1. The first-order chi connectivity index (χ1) is 9.06. The normalized spacial score (nSPS) is 23.1. The van der Waals surface area contributed by atoms with E-state index in [0.717, 1.165) is 25.7 Å². The average Bonchev–Trinajstić information content (AvgIpc) is 2.37. The van der Waals surface area contributed by atoms with E-state index in [9.17, 15) is 9.18 Å². The Morgan fingerprint density at radius 1 is 1.37 bits per heavy atom. The first-order valence-corrected chi connectivity index (χ1v) is 7.95. The molecule has 1 aromatic rings. The summed E-state index contributed by atoms with van der Waals surface area (Å²) in [4.78, 5) is 12.0. The number of nitrogens with one attached hydrogen (secondary N) is 1. The predicted octanol–water partition coefficient (Wildman–Crippen LogP) is 3.96. The molecule has 19 heavy (non-hydrogen) atoms. The Kier molecular flexibility index (Phi) is 5.45. The fourth-order valence-corrected chi connectivity index (χ4v) is 3.31. The van der Waals surface area contributed by atoms with E-state index in [1.165, 1.54) is 18.2 Å². The minimum absolute atomic E-state index is 0.127. The zero-order chi connectivity index (χ0) is 13.8. The predicted molar refractivity (Wildman–Crippen MR) is 83.0 cm³/mol.